The van der Waals surface area contributed by atoms with Crippen molar-refractivity contribution >= 4 is 30.7 Å². The fraction of sp³-hybridized carbons (Fsp3) is 0.569. The van der Waals surface area contributed by atoms with Crippen LogP contribution >= 0.6 is 0 Å². The van der Waals surface area contributed by atoms with Crippen molar-refractivity contribution in [3.05, 3.63) is 82.9 Å². The number of hydrogen-bond acceptors (Lipinski definition) is 10. The first-order valence-corrected chi connectivity index (χ1v) is 24.2. The maximum atomic E-state index is 14.6. The third-order valence-electron chi connectivity index (χ3n) is 14.6. The Kier molecular flexibility index (Phi) is 15.8. The number of ether oxygens (including phenoxy) is 2. The number of carbonyl (C=O) groups is 4. The normalized spacial score (nSPS) is 25.4. The monoisotopic (exact) mass is 907 g/mol. The van der Waals surface area contributed by atoms with E-state index >= 15 is 0 Å². The molecule has 5 aliphatic rings. The van der Waals surface area contributed by atoms with E-state index in [0.29, 0.717) is 51.2 Å². The van der Waals surface area contributed by atoms with Crippen LogP contribution in [0.4, 0.5) is 0 Å². The van der Waals surface area contributed by atoms with E-state index in [1.54, 1.807) is 44.3 Å². The van der Waals surface area contributed by atoms with E-state index in [1.807, 2.05) is 30.3 Å². The number of nitrogens with one attached hydrogen (secondary N) is 3. The second kappa shape index (κ2) is 21.3. The first-order valence-electron chi connectivity index (χ1n) is 24.2. The Balaban J connectivity index is 1.18. The summed E-state index contributed by atoms with van der Waals surface area (Å²) < 4.78 is 25.3. The maximum absolute atomic E-state index is 14.6. The Morgan fingerprint density at radius 1 is 0.864 bits per heavy atom. The molecule has 2 aliphatic heterocycles. The molecule has 2 heterocycles. The summed E-state index contributed by atoms with van der Waals surface area (Å²) >= 11 is 0. The third-order valence-corrected chi connectivity index (χ3v) is 14.6. The topological polar surface area (TPSA) is 197 Å². The molecule has 0 spiro atoms. The predicted molar refractivity (Wildman–Crippen MR) is 256 cm³/mol. The van der Waals surface area contributed by atoms with Gasteiger partial charge in [-0.15, -0.1) is 0 Å². The van der Waals surface area contributed by atoms with Crippen LogP contribution in [0, 0.1) is 17.3 Å². The van der Waals surface area contributed by atoms with Crippen molar-refractivity contribution in [1.82, 2.24) is 20.9 Å². The van der Waals surface area contributed by atoms with Gasteiger partial charge in [0.05, 0.1) is 18.1 Å². The van der Waals surface area contributed by atoms with Gasteiger partial charge in [-0.3, -0.25) is 19.2 Å². The lowest BCUT2D eigenvalue weighted by atomic mass is 9.43. The van der Waals surface area contributed by atoms with Gasteiger partial charge in [-0.05, 0) is 110 Å². The van der Waals surface area contributed by atoms with Crippen LogP contribution in [0.3, 0.4) is 0 Å². The van der Waals surface area contributed by atoms with Crippen LogP contribution in [0.2, 0.25) is 0 Å². The average molecular weight is 907 g/mol. The van der Waals surface area contributed by atoms with Crippen LogP contribution in [0.25, 0.3) is 11.1 Å². The fourth-order valence-electron chi connectivity index (χ4n) is 10.7. The first-order chi connectivity index (χ1) is 31.7. The summed E-state index contributed by atoms with van der Waals surface area (Å²) in [7, 11) is 0.938. The minimum atomic E-state index is -1.19. The van der Waals surface area contributed by atoms with E-state index in [9.17, 15) is 19.2 Å². The van der Waals surface area contributed by atoms with Crippen molar-refractivity contribution in [3.8, 4) is 22.6 Å². The van der Waals surface area contributed by atoms with Gasteiger partial charge >= 0.3 is 7.12 Å². The number of nitrogens with zero attached hydrogens (tertiary/aromatic N) is 1. The zero-order valence-electron chi connectivity index (χ0n) is 39.8. The summed E-state index contributed by atoms with van der Waals surface area (Å²) in [6.45, 7) is 11.4. The molecular formula is C51H71BN6O8. The lowest BCUT2D eigenvalue weighted by Crippen LogP contribution is -2.65. The number of rotatable bonds is 18. The zero-order valence-corrected chi connectivity index (χ0v) is 39.8. The van der Waals surface area contributed by atoms with Gasteiger partial charge in [-0.1, -0.05) is 77.1 Å². The second-order valence-electron chi connectivity index (χ2n) is 19.5. The second-order valence-corrected chi connectivity index (χ2v) is 19.5. The van der Waals surface area contributed by atoms with E-state index in [2.05, 4.69) is 43.6 Å². The summed E-state index contributed by atoms with van der Waals surface area (Å²) in [4.78, 5) is 58.6. The molecule has 66 heavy (non-hydrogen) atoms. The Morgan fingerprint density at radius 2 is 1.53 bits per heavy atom. The maximum Gasteiger partial charge on any atom is 0.478 e. The molecule has 14 nitrogen and oxygen atoms in total. The van der Waals surface area contributed by atoms with Crippen molar-refractivity contribution in [2.75, 3.05) is 39.8 Å². The molecule has 0 radical (unpaired) electrons. The molecule has 8 rings (SSSR count). The number of likely N-dealkylation sites (N-methyl/N-ethyl adjacent to an activating group) is 1. The summed E-state index contributed by atoms with van der Waals surface area (Å²) in [5.74, 6) is -0.0710. The highest BCUT2D eigenvalue weighted by Crippen LogP contribution is 2.65. The van der Waals surface area contributed by atoms with Crippen LogP contribution in [-0.2, 0) is 36.5 Å². The number of unbranched alkanes of at least 4 members (excludes halogenated alkanes) is 5. The molecule has 7 atom stereocenters. The van der Waals surface area contributed by atoms with Gasteiger partial charge in [0.1, 0.15) is 42.8 Å². The molecule has 7 N–H and O–H groups in total. The number of benzene rings is 3. The Hall–Kier alpha value is -4.96. The fourth-order valence-corrected chi connectivity index (χ4v) is 10.7. The Morgan fingerprint density at radius 3 is 2.21 bits per heavy atom. The first kappa shape index (κ1) is 49.0. The number of hydrogen-bond donors (Lipinski definition) is 5. The molecule has 15 heteroatoms. The number of amides is 4. The van der Waals surface area contributed by atoms with Crippen molar-refractivity contribution in [2.24, 2.45) is 28.7 Å². The molecule has 3 aromatic rings. The molecule has 0 aromatic heterocycles. The number of fused-ring (bicyclic) bond motifs is 5. The Bertz CT molecular complexity index is 2210. The van der Waals surface area contributed by atoms with E-state index in [1.165, 1.54) is 30.6 Å². The van der Waals surface area contributed by atoms with Gasteiger partial charge < -0.3 is 51.1 Å². The van der Waals surface area contributed by atoms with Crippen LogP contribution in [-0.4, -0.2) is 99.2 Å². The highest BCUT2D eigenvalue weighted by Gasteiger charge is 2.67. The van der Waals surface area contributed by atoms with Gasteiger partial charge in [-0.2, -0.15) is 0 Å². The Labute approximate surface area is 391 Å². The van der Waals surface area contributed by atoms with Gasteiger partial charge in [0.2, 0.25) is 17.7 Å². The van der Waals surface area contributed by atoms with Gasteiger partial charge in [-0.25, -0.2) is 0 Å². The molecule has 3 aromatic carbocycles. The zero-order chi connectivity index (χ0) is 47.2. The van der Waals surface area contributed by atoms with Gasteiger partial charge in [0.15, 0.2) is 0 Å². The van der Waals surface area contributed by atoms with E-state index in [-0.39, 0.29) is 56.6 Å². The van der Waals surface area contributed by atoms with Crippen molar-refractivity contribution < 1.29 is 38.0 Å². The van der Waals surface area contributed by atoms with Gasteiger partial charge in [0.25, 0.3) is 5.91 Å². The summed E-state index contributed by atoms with van der Waals surface area (Å²) in [6.07, 6.45) is 10.3. The predicted octanol–water partition coefficient (Wildman–Crippen LogP) is 5.67. The van der Waals surface area contributed by atoms with Crippen LogP contribution in [0.15, 0.2) is 60.7 Å². The summed E-state index contributed by atoms with van der Waals surface area (Å²) in [6, 6.07) is 15.1. The molecule has 356 valence electrons. The quantitative estimate of drug-likeness (QED) is 0.0784. The average Bonchev–Trinajstić information content (AvgIpc) is 3.66. The molecular weight excluding hydrogens is 835 g/mol. The smallest absolute Gasteiger partial charge is 0.478 e. The number of aryl methyl sites for hydroxylation is 1. The van der Waals surface area contributed by atoms with Crippen molar-refractivity contribution in [1.29, 1.82) is 0 Å². The standard InChI is InChI=1S/C51H71BN6O8/c1-7-8-9-10-11-12-13-33-14-17-35(18-15-33)49(62)58(6)45-36-19-21-42(64-25-23-54)39(28-36)38-26-34(16-20-41(38)63-24-22-53)27-40(57-46(59)32(2)56-48(45)61)47(60)55-31-52-65-44-30-37-29-43(50(37,3)4)51(44,5)66-52/h14-21,26,28,32,37,40,43-45H,7-13,22-25,27,29-31,53-54H2,1-6H3,(H,55,60)(H,56,61)(H,57,59)/t32-,37?,40?,43?,44?,45?,51-/m0/s1. The lowest BCUT2D eigenvalue weighted by molar-refractivity contribution is -0.199. The van der Waals surface area contributed by atoms with Crippen LogP contribution in [0.1, 0.15) is 119 Å². The minimum absolute atomic E-state index is 0.0521. The molecule has 3 saturated carbocycles. The molecule has 4 amide bonds. The van der Waals surface area contributed by atoms with E-state index < -0.39 is 48.6 Å². The number of nitrogens with two attached hydrogens (primary N) is 2. The highest BCUT2D eigenvalue weighted by atomic mass is 16.7. The van der Waals surface area contributed by atoms with Crippen LogP contribution < -0.4 is 36.9 Å². The summed E-state index contributed by atoms with van der Waals surface area (Å²) in [5.41, 5.74) is 15.5. The summed E-state index contributed by atoms with van der Waals surface area (Å²) in [5, 5.41) is 8.77. The molecule has 6 bridgehead atoms. The van der Waals surface area contributed by atoms with Gasteiger partial charge in [0, 0.05) is 43.2 Å². The van der Waals surface area contributed by atoms with Crippen molar-refractivity contribution in [2.45, 2.75) is 129 Å². The SMILES string of the molecule is CCCCCCCCc1ccc(C(=O)N(C)C2C(=O)N[C@@H](C)C(=O)NC(C(=O)NCB3OC4CC5CC(C5(C)C)[C@]4(C)O3)Cc3ccc(OCCN)c(c3)-c3cc2ccc3OCCN)cc1. The molecule has 3 aliphatic carbocycles. The van der Waals surface area contributed by atoms with E-state index in [4.69, 9.17) is 30.2 Å². The van der Waals surface area contributed by atoms with E-state index in [0.717, 1.165) is 37.7 Å². The lowest BCUT2D eigenvalue weighted by Gasteiger charge is -2.64. The highest BCUT2D eigenvalue weighted by molar-refractivity contribution is 6.46. The van der Waals surface area contributed by atoms with Crippen molar-refractivity contribution in [3.63, 3.8) is 0 Å². The largest absolute Gasteiger partial charge is 0.492 e. The molecule has 1 saturated heterocycles. The molecule has 4 fully saturated rings. The number of carbonyl (C=O) groups excluding carboxylic acids is 4. The third kappa shape index (κ3) is 10.6. The van der Waals surface area contributed by atoms with Crippen LogP contribution in [0.5, 0.6) is 11.5 Å². The minimum Gasteiger partial charge on any atom is -0.492 e. The molecule has 5 unspecified atom stereocenters.